The predicted octanol–water partition coefficient (Wildman–Crippen LogP) is 2.89. The fraction of sp³-hybridized carbons (Fsp3) is 0.556. The van der Waals surface area contributed by atoms with Gasteiger partial charge in [-0.3, -0.25) is 4.79 Å². The monoisotopic (exact) mass is 334 g/mol. The van der Waals surface area contributed by atoms with E-state index in [-0.39, 0.29) is 24.9 Å². The Kier molecular flexibility index (Phi) is 6.90. The second kappa shape index (κ2) is 9.15. The number of benzene rings is 1. The van der Waals surface area contributed by atoms with Gasteiger partial charge in [0.25, 0.3) is 0 Å². The zero-order valence-corrected chi connectivity index (χ0v) is 14.4. The number of ether oxygens (including phenoxy) is 2. The predicted molar refractivity (Wildman–Crippen MR) is 90.9 cm³/mol. The number of nitrogens with one attached hydrogen (secondary N) is 1. The summed E-state index contributed by atoms with van der Waals surface area (Å²) in [6, 6.07) is 8.01. The van der Waals surface area contributed by atoms with Crippen LogP contribution in [-0.4, -0.2) is 44.2 Å². The van der Waals surface area contributed by atoms with Crippen LogP contribution in [0.15, 0.2) is 24.3 Å². The normalized spacial score (nSPS) is 17.8. The average Bonchev–Trinajstić information content (AvgIpc) is 2.87. The van der Waals surface area contributed by atoms with E-state index in [9.17, 15) is 9.59 Å². The highest BCUT2D eigenvalue weighted by Crippen LogP contribution is 2.31. The molecule has 0 aromatic heterocycles. The first-order valence-electron chi connectivity index (χ1n) is 8.41. The van der Waals surface area contributed by atoms with Crippen LogP contribution in [0, 0.1) is 0 Å². The maximum absolute atomic E-state index is 12.6. The van der Waals surface area contributed by atoms with E-state index in [1.165, 1.54) is 7.11 Å². The van der Waals surface area contributed by atoms with Crippen LogP contribution in [0.5, 0.6) is 5.75 Å². The Morgan fingerprint density at radius 2 is 1.92 bits per heavy atom. The summed E-state index contributed by atoms with van der Waals surface area (Å²) < 4.78 is 9.73. The van der Waals surface area contributed by atoms with E-state index in [1.807, 2.05) is 29.2 Å². The van der Waals surface area contributed by atoms with Crippen molar-refractivity contribution in [3.05, 3.63) is 29.8 Å². The summed E-state index contributed by atoms with van der Waals surface area (Å²) in [5, 5.41) is 2.56. The fourth-order valence-corrected chi connectivity index (χ4v) is 3.07. The first-order chi connectivity index (χ1) is 11.7. The maximum atomic E-state index is 12.6. The lowest BCUT2D eigenvalue weighted by Gasteiger charge is -2.30. The number of hydrogen-bond acceptors (Lipinski definition) is 4. The van der Waals surface area contributed by atoms with Crippen LogP contribution in [0.25, 0.3) is 0 Å². The van der Waals surface area contributed by atoms with Crippen molar-refractivity contribution in [1.82, 2.24) is 10.2 Å². The van der Waals surface area contributed by atoms with E-state index in [4.69, 9.17) is 4.74 Å². The highest BCUT2D eigenvalue weighted by Gasteiger charge is 2.26. The first kappa shape index (κ1) is 18.1. The lowest BCUT2D eigenvalue weighted by molar-refractivity contribution is -0.133. The molecule has 0 saturated carbocycles. The largest absolute Gasteiger partial charge is 0.497 e. The zero-order chi connectivity index (χ0) is 17.4. The van der Waals surface area contributed by atoms with Gasteiger partial charge in [0.15, 0.2) is 0 Å². The third-order valence-corrected chi connectivity index (χ3v) is 4.37. The standard InChI is InChI=1S/C18H26N2O4/c1-23-15-9-7-14(8-10-15)16-6-4-3-5-13-20(16)17(21)11-12-19-18(22)24-2/h7-10,16H,3-6,11-13H2,1-2H3,(H,19,22). The molecule has 1 heterocycles. The first-order valence-corrected chi connectivity index (χ1v) is 8.41. The molecular formula is C18H26N2O4. The summed E-state index contributed by atoms with van der Waals surface area (Å²) in [5.41, 5.74) is 1.13. The molecule has 132 valence electrons. The Hall–Kier alpha value is -2.24. The minimum Gasteiger partial charge on any atom is -0.497 e. The number of likely N-dealkylation sites (tertiary alicyclic amines) is 1. The molecule has 1 aromatic rings. The average molecular weight is 334 g/mol. The van der Waals surface area contributed by atoms with Crippen LogP contribution in [0.4, 0.5) is 4.79 Å². The molecule has 6 heteroatoms. The van der Waals surface area contributed by atoms with Gasteiger partial charge >= 0.3 is 6.09 Å². The third-order valence-electron chi connectivity index (χ3n) is 4.37. The second-order valence-corrected chi connectivity index (χ2v) is 5.89. The van der Waals surface area contributed by atoms with Crippen molar-refractivity contribution in [3.63, 3.8) is 0 Å². The Labute approximate surface area is 143 Å². The number of rotatable bonds is 5. The van der Waals surface area contributed by atoms with Gasteiger partial charge in [0.1, 0.15) is 5.75 Å². The Morgan fingerprint density at radius 3 is 2.58 bits per heavy atom. The minimum atomic E-state index is -0.509. The lowest BCUT2D eigenvalue weighted by atomic mass is 10.0. The number of carbonyl (C=O) groups excluding carboxylic acids is 2. The summed E-state index contributed by atoms with van der Waals surface area (Å²) in [4.78, 5) is 25.7. The molecule has 1 N–H and O–H groups in total. The molecule has 0 aliphatic carbocycles. The molecule has 0 spiro atoms. The van der Waals surface area contributed by atoms with Crippen molar-refractivity contribution in [3.8, 4) is 5.75 Å². The molecule has 1 aliphatic rings. The molecular weight excluding hydrogens is 308 g/mol. The Bertz CT molecular complexity index is 544. The molecule has 1 atom stereocenters. The number of amides is 2. The van der Waals surface area contributed by atoms with Gasteiger partial charge in [-0.2, -0.15) is 0 Å². The third kappa shape index (κ3) is 4.88. The van der Waals surface area contributed by atoms with Crippen molar-refractivity contribution in [2.75, 3.05) is 27.3 Å². The van der Waals surface area contributed by atoms with Crippen molar-refractivity contribution in [2.24, 2.45) is 0 Å². The number of hydrogen-bond donors (Lipinski definition) is 1. The SMILES string of the molecule is COC(=O)NCCC(=O)N1CCCCCC1c1ccc(OC)cc1. The molecule has 1 saturated heterocycles. The van der Waals surface area contributed by atoms with Gasteiger partial charge in [0.05, 0.1) is 20.3 Å². The lowest BCUT2D eigenvalue weighted by Crippen LogP contribution is -2.37. The Morgan fingerprint density at radius 1 is 1.17 bits per heavy atom. The Balaban J connectivity index is 2.05. The van der Waals surface area contributed by atoms with Crippen LogP contribution >= 0.6 is 0 Å². The summed E-state index contributed by atoms with van der Waals surface area (Å²) in [6.07, 6.45) is 4.00. The maximum Gasteiger partial charge on any atom is 0.406 e. The van der Waals surface area contributed by atoms with Gasteiger partial charge < -0.3 is 19.7 Å². The molecule has 24 heavy (non-hydrogen) atoms. The molecule has 0 radical (unpaired) electrons. The van der Waals surface area contributed by atoms with Crippen LogP contribution in [0.1, 0.15) is 43.7 Å². The number of carbonyl (C=O) groups is 2. The van der Waals surface area contributed by atoms with Crippen LogP contribution in [0.2, 0.25) is 0 Å². The molecule has 2 rings (SSSR count). The zero-order valence-electron chi connectivity index (χ0n) is 14.4. The smallest absolute Gasteiger partial charge is 0.406 e. The summed E-state index contributed by atoms with van der Waals surface area (Å²) in [6.45, 7) is 1.05. The van der Waals surface area contributed by atoms with Crippen LogP contribution < -0.4 is 10.1 Å². The number of alkyl carbamates (subject to hydrolysis) is 1. The summed E-state index contributed by atoms with van der Waals surface area (Å²) >= 11 is 0. The topological polar surface area (TPSA) is 67.9 Å². The number of nitrogens with zero attached hydrogens (tertiary/aromatic N) is 1. The minimum absolute atomic E-state index is 0.0640. The van der Waals surface area contributed by atoms with Crippen molar-refractivity contribution in [2.45, 2.75) is 38.1 Å². The van der Waals surface area contributed by atoms with E-state index in [0.29, 0.717) is 0 Å². The van der Waals surface area contributed by atoms with Gasteiger partial charge in [-0.25, -0.2) is 4.79 Å². The highest BCUT2D eigenvalue weighted by molar-refractivity contribution is 5.77. The van der Waals surface area contributed by atoms with Gasteiger partial charge in [0, 0.05) is 19.5 Å². The van der Waals surface area contributed by atoms with E-state index in [2.05, 4.69) is 10.1 Å². The van der Waals surface area contributed by atoms with Gasteiger partial charge in [-0.15, -0.1) is 0 Å². The highest BCUT2D eigenvalue weighted by atomic mass is 16.5. The number of methoxy groups -OCH3 is 2. The van der Waals surface area contributed by atoms with Crippen LogP contribution in [0.3, 0.4) is 0 Å². The van der Waals surface area contributed by atoms with E-state index in [0.717, 1.165) is 43.5 Å². The second-order valence-electron chi connectivity index (χ2n) is 5.89. The molecule has 2 amide bonds. The van der Waals surface area contributed by atoms with Crippen LogP contribution in [-0.2, 0) is 9.53 Å². The van der Waals surface area contributed by atoms with Gasteiger partial charge in [-0.1, -0.05) is 25.0 Å². The van der Waals surface area contributed by atoms with Crippen molar-refractivity contribution < 1.29 is 19.1 Å². The van der Waals surface area contributed by atoms with Crippen molar-refractivity contribution >= 4 is 12.0 Å². The van der Waals surface area contributed by atoms with Gasteiger partial charge in [-0.05, 0) is 30.5 Å². The summed E-state index contributed by atoms with van der Waals surface area (Å²) in [7, 11) is 2.95. The van der Waals surface area contributed by atoms with E-state index in [1.54, 1.807) is 7.11 Å². The quantitative estimate of drug-likeness (QED) is 0.899. The fourth-order valence-electron chi connectivity index (χ4n) is 3.07. The van der Waals surface area contributed by atoms with E-state index < -0.39 is 6.09 Å². The molecule has 1 unspecified atom stereocenters. The summed E-state index contributed by atoms with van der Waals surface area (Å²) in [5.74, 6) is 0.877. The molecule has 1 aromatic carbocycles. The van der Waals surface area contributed by atoms with Crippen molar-refractivity contribution in [1.29, 1.82) is 0 Å². The molecule has 0 bridgehead atoms. The van der Waals surface area contributed by atoms with E-state index >= 15 is 0 Å². The molecule has 1 fully saturated rings. The molecule has 1 aliphatic heterocycles. The molecule has 6 nitrogen and oxygen atoms in total. The van der Waals surface area contributed by atoms with Gasteiger partial charge in [0.2, 0.25) is 5.91 Å².